The van der Waals surface area contributed by atoms with E-state index in [0.717, 1.165) is 19.6 Å². The number of rotatable bonds is 6. The van der Waals surface area contributed by atoms with E-state index in [0.29, 0.717) is 5.41 Å². The monoisotopic (exact) mass is 260 g/mol. The largest absolute Gasteiger partial charge is 0.330 e. The average Bonchev–Trinajstić information content (AvgIpc) is 3.13. The SMILES string of the molecule is Cc1ccc(C(C)(C)CNCC2(CN)CC2)cc1C. The van der Waals surface area contributed by atoms with Crippen LogP contribution >= 0.6 is 0 Å². The molecular formula is C17H28N2. The van der Waals surface area contributed by atoms with Gasteiger partial charge in [0.15, 0.2) is 0 Å². The number of nitrogens with two attached hydrogens (primary N) is 1. The van der Waals surface area contributed by atoms with Gasteiger partial charge in [0.2, 0.25) is 0 Å². The number of benzene rings is 1. The quantitative estimate of drug-likeness (QED) is 0.825. The van der Waals surface area contributed by atoms with Crippen LogP contribution in [0.2, 0.25) is 0 Å². The Morgan fingerprint density at radius 3 is 2.42 bits per heavy atom. The van der Waals surface area contributed by atoms with Crippen molar-refractivity contribution in [3.8, 4) is 0 Å². The lowest BCUT2D eigenvalue weighted by molar-refractivity contribution is 0.410. The minimum absolute atomic E-state index is 0.170. The van der Waals surface area contributed by atoms with Crippen LogP contribution in [0.5, 0.6) is 0 Å². The summed E-state index contributed by atoms with van der Waals surface area (Å²) in [6, 6.07) is 6.82. The van der Waals surface area contributed by atoms with Crippen LogP contribution in [0.4, 0.5) is 0 Å². The Bertz CT molecular complexity index is 445. The zero-order valence-corrected chi connectivity index (χ0v) is 12.8. The van der Waals surface area contributed by atoms with E-state index in [-0.39, 0.29) is 5.41 Å². The lowest BCUT2D eigenvalue weighted by atomic mass is 9.83. The molecule has 0 aliphatic heterocycles. The number of hydrogen-bond donors (Lipinski definition) is 2. The molecule has 2 nitrogen and oxygen atoms in total. The molecule has 0 atom stereocenters. The fourth-order valence-electron chi connectivity index (χ4n) is 2.53. The van der Waals surface area contributed by atoms with Gasteiger partial charge in [-0.3, -0.25) is 0 Å². The molecule has 2 heteroatoms. The van der Waals surface area contributed by atoms with E-state index in [2.05, 4.69) is 51.2 Å². The average molecular weight is 260 g/mol. The van der Waals surface area contributed by atoms with Crippen molar-refractivity contribution in [3.05, 3.63) is 34.9 Å². The predicted molar refractivity (Wildman–Crippen MR) is 82.5 cm³/mol. The van der Waals surface area contributed by atoms with Gasteiger partial charge in [0.25, 0.3) is 0 Å². The van der Waals surface area contributed by atoms with Crippen molar-refractivity contribution in [2.45, 2.75) is 46.0 Å². The van der Waals surface area contributed by atoms with Crippen LogP contribution in [0.3, 0.4) is 0 Å². The van der Waals surface area contributed by atoms with E-state index in [1.807, 2.05) is 0 Å². The zero-order valence-electron chi connectivity index (χ0n) is 12.8. The van der Waals surface area contributed by atoms with Crippen molar-refractivity contribution in [1.82, 2.24) is 5.32 Å². The van der Waals surface area contributed by atoms with Gasteiger partial charge in [-0.15, -0.1) is 0 Å². The first-order chi connectivity index (χ1) is 8.88. The van der Waals surface area contributed by atoms with Crippen LogP contribution in [-0.2, 0) is 5.41 Å². The molecule has 2 rings (SSSR count). The molecule has 1 aromatic rings. The normalized spacial score (nSPS) is 17.5. The van der Waals surface area contributed by atoms with Crippen molar-refractivity contribution < 1.29 is 0 Å². The molecule has 0 radical (unpaired) electrons. The second kappa shape index (κ2) is 5.26. The Morgan fingerprint density at radius 2 is 1.89 bits per heavy atom. The van der Waals surface area contributed by atoms with Gasteiger partial charge >= 0.3 is 0 Å². The molecule has 0 amide bonds. The first-order valence-electron chi connectivity index (χ1n) is 7.37. The summed E-state index contributed by atoms with van der Waals surface area (Å²) in [6.45, 7) is 11.9. The molecule has 1 aliphatic rings. The Labute approximate surface area is 117 Å². The smallest absolute Gasteiger partial charge is 0.00434 e. The second-order valence-electron chi connectivity index (χ2n) is 6.99. The molecule has 0 unspecified atom stereocenters. The van der Waals surface area contributed by atoms with Crippen LogP contribution in [0.1, 0.15) is 43.4 Å². The maximum atomic E-state index is 5.83. The highest BCUT2D eigenvalue weighted by Gasteiger charge is 2.40. The van der Waals surface area contributed by atoms with Crippen molar-refractivity contribution in [2.75, 3.05) is 19.6 Å². The lowest BCUT2D eigenvalue weighted by Crippen LogP contribution is -2.38. The van der Waals surface area contributed by atoms with Gasteiger partial charge < -0.3 is 11.1 Å². The molecule has 106 valence electrons. The Balaban J connectivity index is 1.95. The van der Waals surface area contributed by atoms with Crippen LogP contribution in [-0.4, -0.2) is 19.6 Å². The van der Waals surface area contributed by atoms with E-state index < -0.39 is 0 Å². The van der Waals surface area contributed by atoms with Crippen LogP contribution in [0, 0.1) is 19.3 Å². The summed E-state index contributed by atoms with van der Waals surface area (Å²) in [5.41, 5.74) is 10.6. The van der Waals surface area contributed by atoms with E-state index in [4.69, 9.17) is 5.73 Å². The molecular weight excluding hydrogens is 232 g/mol. The fourth-order valence-corrected chi connectivity index (χ4v) is 2.53. The van der Waals surface area contributed by atoms with Gasteiger partial charge in [0.05, 0.1) is 0 Å². The molecule has 1 aliphatic carbocycles. The highest BCUT2D eigenvalue weighted by atomic mass is 14.9. The minimum Gasteiger partial charge on any atom is -0.330 e. The summed E-state index contributed by atoms with van der Waals surface area (Å²) < 4.78 is 0. The third kappa shape index (κ3) is 3.37. The molecule has 1 fully saturated rings. The Kier molecular flexibility index (Phi) is 4.03. The second-order valence-corrected chi connectivity index (χ2v) is 6.99. The van der Waals surface area contributed by atoms with Gasteiger partial charge in [0.1, 0.15) is 0 Å². The molecule has 3 N–H and O–H groups in total. The summed E-state index contributed by atoms with van der Waals surface area (Å²) in [5, 5.41) is 3.63. The van der Waals surface area contributed by atoms with Crippen molar-refractivity contribution in [1.29, 1.82) is 0 Å². The zero-order chi connectivity index (χ0) is 14.1. The van der Waals surface area contributed by atoms with Crippen molar-refractivity contribution >= 4 is 0 Å². The molecule has 0 saturated heterocycles. The van der Waals surface area contributed by atoms with E-state index in [1.165, 1.54) is 29.5 Å². The minimum atomic E-state index is 0.170. The van der Waals surface area contributed by atoms with Gasteiger partial charge in [-0.1, -0.05) is 32.0 Å². The van der Waals surface area contributed by atoms with Crippen LogP contribution < -0.4 is 11.1 Å². The lowest BCUT2D eigenvalue weighted by Gasteiger charge is -2.27. The maximum absolute atomic E-state index is 5.83. The Morgan fingerprint density at radius 1 is 1.21 bits per heavy atom. The molecule has 0 bridgehead atoms. The van der Waals surface area contributed by atoms with Crippen LogP contribution in [0.15, 0.2) is 18.2 Å². The number of nitrogens with one attached hydrogen (secondary N) is 1. The summed E-state index contributed by atoms with van der Waals surface area (Å²) in [6.07, 6.45) is 2.58. The molecule has 0 aromatic heterocycles. The molecule has 0 spiro atoms. The van der Waals surface area contributed by atoms with Gasteiger partial charge in [0, 0.05) is 18.5 Å². The standard InChI is InChI=1S/C17H28N2/c1-13-5-6-15(9-14(13)2)16(3,4)11-19-12-17(10-18)7-8-17/h5-6,9,19H,7-8,10-12,18H2,1-4H3. The predicted octanol–water partition coefficient (Wildman–Crippen LogP) is 2.91. The van der Waals surface area contributed by atoms with Crippen molar-refractivity contribution in [3.63, 3.8) is 0 Å². The Hall–Kier alpha value is -0.860. The summed E-state index contributed by atoms with van der Waals surface area (Å²) in [4.78, 5) is 0. The molecule has 1 saturated carbocycles. The highest BCUT2D eigenvalue weighted by molar-refractivity contribution is 5.34. The van der Waals surface area contributed by atoms with E-state index in [1.54, 1.807) is 0 Å². The van der Waals surface area contributed by atoms with Gasteiger partial charge in [-0.05, 0) is 55.3 Å². The fraction of sp³-hybridized carbons (Fsp3) is 0.647. The van der Waals surface area contributed by atoms with Crippen molar-refractivity contribution in [2.24, 2.45) is 11.1 Å². The third-order valence-electron chi connectivity index (χ3n) is 4.75. The molecule has 1 aromatic carbocycles. The first kappa shape index (κ1) is 14.5. The maximum Gasteiger partial charge on any atom is 0.00434 e. The molecule has 0 heterocycles. The number of hydrogen-bond acceptors (Lipinski definition) is 2. The molecule has 19 heavy (non-hydrogen) atoms. The summed E-state index contributed by atoms with van der Waals surface area (Å²) in [7, 11) is 0. The van der Waals surface area contributed by atoms with E-state index >= 15 is 0 Å². The summed E-state index contributed by atoms with van der Waals surface area (Å²) >= 11 is 0. The third-order valence-corrected chi connectivity index (χ3v) is 4.75. The first-order valence-corrected chi connectivity index (χ1v) is 7.37. The van der Waals surface area contributed by atoms with Crippen LogP contribution in [0.25, 0.3) is 0 Å². The number of aryl methyl sites for hydroxylation is 2. The highest BCUT2D eigenvalue weighted by Crippen LogP contribution is 2.43. The summed E-state index contributed by atoms with van der Waals surface area (Å²) in [5.74, 6) is 0. The van der Waals surface area contributed by atoms with E-state index in [9.17, 15) is 0 Å². The van der Waals surface area contributed by atoms with Gasteiger partial charge in [-0.2, -0.15) is 0 Å². The topological polar surface area (TPSA) is 38.0 Å². The van der Waals surface area contributed by atoms with Gasteiger partial charge in [-0.25, -0.2) is 0 Å².